The Morgan fingerprint density at radius 1 is 1.04 bits per heavy atom. The van der Waals surface area contributed by atoms with E-state index >= 15 is 0 Å². The third kappa shape index (κ3) is 3.12. The molecule has 2 aliphatic rings. The Labute approximate surface area is 148 Å². The van der Waals surface area contributed by atoms with E-state index in [0.717, 1.165) is 0 Å². The van der Waals surface area contributed by atoms with Crippen molar-refractivity contribution < 1.29 is 13.2 Å². The van der Waals surface area contributed by atoms with Gasteiger partial charge in [0.2, 0.25) is 5.44 Å². The van der Waals surface area contributed by atoms with Crippen LogP contribution in [0.4, 0.5) is 11.4 Å². The van der Waals surface area contributed by atoms with Crippen LogP contribution in [0.5, 0.6) is 5.75 Å². The number of fused-ring (bicyclic) bond motifs is 1. The zero-order valence-corrected chi connectivity index (χ0v) is 14.8. The molecule has 0 saturated heterocycles. The Balaban J connectivity index is 1.64. The van der Waals surface area contributed by atoms with E-state index < -0.39 is 15.5 Å². The summed E-state index contributed by atoms with van der Waals surface area (Å²) >= 11 is 0. The lowest BCUT2D eigenvalue weighted by molar-refractivity contribution is 0.246. The molecule has 4 rings (SSSR count). The van der Waals surface area contributed by atoms with Crippen LogP contribution in [0.1, 0.15) is 25.7 Å². The van der Waals surface area contributed by atoms with Crippen molar-refractivity contribution in [3.63, 3.8) is 0 Å². The highest BCUT2D eigenvalue weighted by molar-refractivity contribution is 7.93. The maximum atomic E-state index is 13.2. The van der Waals surface area contributed by atoms with Gasteiger partial charge in [0.05, 0.1) is 11.4 Å². The molecule has 1 fully saturated rings. The second kappa shape index (κ2) is 6.69. The predicted molar refractivity (Wildman–Crippen MR) is 98.6 cm³/mol. The summed E-state index contributed by atoms with van der Waals surface area (Å²) in [5.41, 5.74) is 0.322. The number of ether oxygens (including phenoxy) is 1. The average molecular weight is 358 g/mol. The lowest BCUT2D eigenvalue weighted by atomic mass is 9.93. The highest BCUT2D eigenvalue weighted by atomic mass is 32.2. The summed E-state index contributed by atoms with van der Waals surface area (Å²) in [6, 6.07) is 17.0. The van der Waals surface area contributed by atoms with Crippen LogP contribution in [-0.4, -0.2) is 26.4 Å². The Morgan fingerprint density at radius 2 is 1.76 bits per heavy atom. The van der Waals surface area contributed by atoms with Crippen LogP contribution in [-0.2, 0) is 10.0 Å². The van der Waals surface area contributed by atoms with Gasteiger partial charge in [-0.2, -0.15) is 0 Å². The van der Waals surface area contributed by atoms with E-state index in [-0.39, 0.29) is 0 Å². The SMILES string of the molecule is O=S1(=O)C(CCNC2CCC2)Oc2ccccc2N1c1ccccc1. The van der Waals surface area contributed by atoms with Gasteiger partial charge in [-0.15, -0.1) is 0 Å². The summed E-state index contributed by atoms with van der Waals surface area (Å²) in [5, 5.41) is 3.42. The lowest BCUT2D eigenvalue weighted by Crippen LogP contribution is -2.45. The third-order valence-corrected chi connectivity index (χ3v) is 6.75. The number of nitrogens with one attached hydrogen (secondary N) is 1. The second-order valence-electron chi connectivity index (χ2n) is 6.53. The molecule has 0 bridgehead atoms. The minimum atomic E-state index is -3.65. The Kier molecular flexibility index (Phi) is 4.39. The minimum absolute atomic E-state index is 0.427. The van der Waals surface area contributed by atoms with Gasteiger partial charge in [0, 0.05) is 19.0 Å². The maximum Gasteiger partial charge on any atom is 0.278 e. The van der Waals surface area contributed by atoms with Crippen molar-refractivity contribution in [1.82, 2.24) is 5.32 Å². The molecular weight excluding hydrogens is 336 g/mol. The van der Waals surface area contributed by atoms with Gasteiger partial charge in [-0.3, -0.25) is 0 Å². The van der Waals surface area contributed by atoms with Crippen molar-refractivity contribution in [2.24, 2.45) is 0 Å². The first-order valence-electron chi connectivity index (χ1n) is 8.74. The van der Waals surface area contributed by atoms with Crippen molar-refractivity contribution in [1.29, 1.82) is 0 Å². The van der Waals surface area contributed by atoms with Crippen molar-refractivity contribution in [3.05, 3.63) is 54.6 Å². The monoisotopic (exact) mass is 358 g/mol. The molecule has 1 unspecified atom stereocenters. The maximum absolute atomic E-state index is 13.2. The normalized spacial score (nSPS) is 21.9. The van der Waals surface area contributed by atoms with Crippen LogP contribution in [0.2, 0.25) is 0 Å². The van der Waals surface area contributed by atoms with Crippen LogP contribution >= 0.6 is 0 Å². The van der Waals surface area contributed by atoms with Crippen molar-refractivity contribution in [2.75, 3.05) is 10.8 Å². The fraction of sp³-hybridized carbons (Fsp3) is 0.368. The number of hydrogen-bond donors (Lipinski definition) is 1. The van der Waals surface area contributed by atoms with E-state index in [4.69, 9.17) is 4.74 Å². The summed E-state index contributed by atoms with van der Waals surface area (Å²) in [7, 11) is -3.65. The first kappa shape index (κ1) is 16.4. The summed E-state index contributed by atoms with van der Waals surface area (Å²) in [5.74, 6) is 0.606. The Morgan fingerprint density at radius 3 is 2.48 bits per heavy atom. The molecule has 0 radical (unpaired) electrons. The second-order valence-corrected chi connectivity index (χ2v) is 8.45. The molecule has 1 aliphatic carbocycles. The minimum Gasteiger partial charge on any atom is -0.470 e. The molecule has 2 aromatic rings. The predicted octanol–water partition coefficient (Wildman–Crippen LogP) is 3.41. The third-order valence-electron chi connectivity index (χ3n) is 4.84. The average Bonchev–Trinajstić information content (AvgIpc) is 2.57. The number of hydrogen-bond acceptors (Lipinski definition) is 4. The zero-order chi connectivity index (χ0) is 17.3. The fourth-order valence-electron chi connectivity index (χ4n) is 3.26. The molecule has 1 atom stereocenters. The summed E-state index contributed by atoms with van der Waals surface area (Å²) in [4.78, 5) is 0. The van der Waals surface area contributed by atoms with Gasteiger partial charge in [-0.05, 0) is 37.1 Å². The molecule has 0 amide bonds. The van der Waals surface area contributed by atoms with Crippen molar-refractivity contribution in [3.8, 4) is 5.75 Å². The van der Waals surface area contributed by atoms with Gasteiger partial charge in [0.25, 0.3) is 10.0 Å². The number of para-hydroxylation sites is 3. The van der Waals surface area contributed by atoms with Gasteiger partial charge < -0.3 is 10.1 Å². The summed E-state index contributed by atoms with van der Waals surface area (Å²) in [6.07, 6.45) is 4.04. The molecule has 1 N–H and O–H groups in total. The topological polar surface area (TPSA) is 58.6 Å². The van der Waals surface area contributed by atoms with Gasteiger partial charge in [0.1, 0.15) is 5.75 Å². The Bertz CT molecular complexity index is 835. The quantitative estimate of drug-likeness (QED) is 0.890. The van der Waals surface area contributed by atoms with Crippen LogP contribution in [0.25, 0.3) is 0 Å². The summed E-state index contributed by atoms with van der Waals surface area (Å²) in [6.45, 7) is 0.638. The van der Waals surface area contributed by atoms with E-state index in [1.54, 1.807) is 6.07 Å². The number of rotatable bonds is 5. The molecule has 5 nitrogen and oxygen atoms in total. The number of sulfonamides is 1. The molecule has 1 heterocycles. The van der Waals surface area contributed by atoms with E-state index in [0.29, 0.717) is 36.1 Å². The molecule has 1 saturated carbocycles. The molecule has 0 aromatic heterocycles. The number of anilines is 2. The molecule has 0 spiro atoms. The van der Waals surface area contributed by atoms with Crippen LogP contribution in [0.15, 0.2) is 54.6 Å². The van der Waals surface area contributed by atoms with Gasteiger partial charge in [0.15, 0.2) is 0 Å². The zero-order valence-electron chi connectivity index (χ0n) is 14.0. The standard InChI is InChI=1S/C19H22N2O3S/c22-25(23)19(13-14-20-15-7-6-8-15)24-18-12-5-4-11-17(18)21(25)16-9-2-1-3-10-16/h1-5,9-12,15,19-20H,6-8,13-14H2. The highest BCUT2D eigenvalue weighted by Gasteiger charge is 2.40. The molecule has 1 aliphatic heterocycles. The number of nitrogens with zero attached hydrogens (tertiary/aromatic N) is 1. The van der Waals surface area contributed by atoms with Crippen molar-refractivity contribution in [2.45, 2.75) is 37.2 Å². The van der Waals surface area contributed by atoms with Gasteiger partial charge in [-0.1, -0.05) is 36.8 Å². The van der Waals surface area contributed by atoms with E-state index in [1.165, 1.54) is 23.6 Å². The Hall–Kier alpha value is -2.05. The largest absolute Gasteiger partial charge is 0.470 e. The van der Waals surface area contributed by atoms with Gasteiger partial charge in [-0.25, -0.2) is 12.7 Å². The van der Waals surface area contributed by atoms with Crippen LogP contribution < -0.4 is 14.4 Å². The molecule has 25 heavy (non-hydrogen) atoms. The molecule has 6 heteroatoms. The van der Waals surface area contributed by atoms with E-state index in [2.05, 4.69) is 5.32 Å². The van der Waals surface area contributed by atoms with Crippen molar-refractivity contribution >= 4 is 21.4 Å². The first-order valence-corrected chi connectivity index (χ1v) is 10.2. The first-order chi connectivity index (χ1) is 12.2. The molecule has 132 valence electrons. The van der Waals surface area contributed by atoms with E-state index in [1.807, 2.05) is 48.5 Å². The van der Waals surface area contributed by atoms with Crippen LogP contribution in [0, 0.1) is 0 Å². The number of benzene rings is 2. The molecular formula is C19H22N2O3S. The highest BCUT2D eigenvalue weighted by Crippen LogP contribution is 2.42. The van der Waals surface area contributed by atoms with Crippen LogP contribution in [0.3, 0.4) is 0 Å². The van der Waals surface area contributed by atoms with E-state index in [9.17, 15) is 8.42 Å². The summed E-state index contributed by atoms with van der Waals surface area (Å²) < 4.78 is 33.7. The smallest absolute Gasteiger partial charge is 0.278 e. The lowest BCUT2D eigenvalue weighted by Gasteiger charge is -2.36. The molecule has 2 aromatic carbocycles. The fourth-order valence-corrected chi connectivity index (χ4v) is 4.97. The van der Waals surface area contributed by atoms with Gasteiger partial charge >= 0.3 is 0 Å².